The van der Waals surface area contributed by atoms with Gasteiger partial charge in [0, 0.05) is 0 Å². The molecule has 0 bridgehead atoms. The van der Waals surface area contributed by atoms with E-state index in [-0.39, 0.29) is 6.10 Å². The predicted octanol–water partition coefficient (Wildman–Crippen LogP) is 7.24. The number of fused-ring (bicyclic) bond motifs is 3. The van der Waals surface area contributed by atoms with Crippen LogP contribution < -0.4 is 0 Å². The molecule has 1 nitrogen and oxygen atoms in total. The van der Waals surface area contributed by atoms with Crippen LogP contribution in [0, 0.1) is 36.0 Å². The topological polar surface area (TPSA) is 20.2 Å². The summed E-state index contributed by atoms with van der Waals surface area (Å²) in [5, 5.41) is 10.1. The molecule has 1 heteroatoms. The van der Waals surface area contributed by atoms with Crippen LogP contribution in [0.5, 0.6) is 0 Å². The van der Waals surface area contributed by atoms with Crippen LogP contribution in [0.1, 0.15) is 95.4 Å². The maximum absolute atomic E-state index is 10.1. The van der Waals surface area contributed by atoms with E-state index in [1.54, 1.807) is 11.1 Å². The van der Waals surface area contributed by atoms with Gasteiger partial charge in [-0.2, -0.15) is 0 Å². The predicted molar refractivity (Wildman–Crippen MR) is 125 cm³/mol. The maximum Gasteiger partial charge on any atom is 0.0578 e. The highest BCUT2D eigenvalue weighted by Gasteiger charge is 2.50. The summed E-state index contributed by atoms with van der Waals surface area (Å²) in [7, 11) is 0. The lowest BCUT2D eigenvalue weighted by Gasteiger charge is -2.44. The van der Waals surface area contributed by atoms with Gasteiger partial charge in [0.15, 0.2) is 0 Å². The minimum absolute atomic E-state index is 0.211. The third-order valence-corrected chi connectivity index (χ3v) is 8.78. The van der Waals surface area contributed by atoms with Crippen molar-refractivity contribution in [1.82, 2.24) is 0 Å². The van der Waals surface area contributed by atoms with E-state index in [4.69, 9.17) is 0 Å². The second kappa shape index (κ2) is 8.96. The molecule has 3 rings (SSSR count). The number of hydrogen-bond donors (Lipinski definition) is 1. The zero-order valence-corrected chi connectivity index (χ0v) is 20.0. The zero-order chi connectivity index (χ0) is 21.3. The average Bonchev–Trinajstić information content (AvgIpc) is 3.05. The van der Waals surface area contributed by atoms with Gasteiger partial charge in [0.05, 0.1) is 6.10 Å². The highest BCUT2D eigenvalue weighted by Crippen LogP contribution is 2.61. The van der Waals surface area contributed by atoms with Gasteiger partial charge in [0.25, 0.3) is 0 Å². The summed E-state index contributed by atoms with van der Waals surface area (Å²) in [5.74, 6) is 3.54. The van der Waals surface area contributed by atoms with Crippen molar-refractivity contribution in [2.75, 3.05) is 0 Å². The van der Waals surface area contributed by atoms with E-state index in [1.807, 2.05) is 0 Å². The first-order valence-electron chi connectivity index (χ1n) is 12.2. The lowest BCUT2D eigenvalue weighted by Crippen LogP contribution is -2.35. The summed E-state index contributed by atoms with van der Waals surface area (Å²) in [5.41, 5.74) is 6.47. The molecule has 0 aliphatic heterocycles. The Morgan fingerprint density at radius 3 is 2.52 bits per heavy atom. The second-order valence-corrected chi connectivity index (χ2v) is 10.8. The number of aliphatic hydroxyl groups is 1. The molecule has 0 aromatic heterocycles. The molecule has 2 aliphatic carbocycles. The first kappa shape index (κ1) is 22.6. The zero-order valence-electron chi connectivity index (χ0n) is 20.0. The number of benzene rings is 1. The lowest BCUT2D eigenvalue weighted by atomic mass is 9.60. The normalized spacial score (nSPS) is 29.7. The third kappa shape index (κ3) is 4.36. The monoisotopic (exact) mass is 396 g/mol. The summed E-state index contributed by atoms with van der Waals surface area (Å²) in [6.45, 7) is 16.4. The van der Waals surface area contributed by atoms with Crippen molar-refractivity contribution in [2.24, 2.45) is 29.1 Å². The van der Waals surface area contributed by atoms with Crippen molar-refractivity contribution in [3.8, 4) is 0 Å². The Bertz CT molecular complexity index is 730. The molecule has 2 aliphatic rings. The molecule has 6 atom stereocenters. The second-order valence-electron chi connectivity index (χ2n) is 10.8. The van der Waals surface area contributed by atoms with Gasteiger partial charge in [-0.25, -0.2) is 0 Å². The van der Waals surface area contributed by atoms with Crippen molar-refractivity contribution >= 4 is 0 Å². The Balaban J connectivity index is 1.82. The Labute approximate surface area is 180 Å². The molecule has 0 unspecified atom stereocenters. The first-order chi connectivity index (χ1) is 13.7. The minimum Gasteiger partial charge on any atom is -0.393 e. The summed E-state index contributed by atoms with van der Waals surface area (Å²) >= 11 is 0. The van der Waals surface area contributed by atoms with Gasteiger partial charge in [-0.1, -0.05) is 65.8 Å². The lowest BCUT2D eigenvalue weighted by molar-refractivity contribution is 0.142. The van der Waals surface area contributed by atoms with Gasteiger partial charge in [0.2, 0.25) is 0 Å². The van der Waals surface area contributed by atoms with Crippen LogP contribution in [0.4, 0.5) is 0 Å². The molecule has 1 aromatic rings. The van der Waals surface area contributed by atoms with E-state index in [0.717, 1.165) is 24.7 Å². The van der Waals surface area contributed by atoms with Gasteiger partial charge in [-0.05, 0) is 103 Å². The highest BCUT2D eigenvalue weighted by molar-refractivity contribution is 5.46. The molecule has 0 radical (unpaired) electrons. The van der Waals surface area contributed by atoms with Crippen molar-refractivity contribution in [1.29, 1.82) is 0 Å². The summed E-state index contributed by atoms with van der Waals surface area (Å²) in [6, 6.07) is 4.74. The quantitative estimate of drug-likeness (QED) is 0.482. The van der Waals surface area contributed by atoms with E-state index in [2.05, 4.69) is 72.8 Å². The van der Waals surface area contributed by atoms with E-state index in [1.165, 1.54) is 36.8 Å². The smallest absolute Gasteiger partial charge is 0.0578 e. The molecule has 29 heavy (non-hydrogen) atoms. The molecule has 0 heterocycles. The summed E-state index contributed by atoms with van der Waals surface area (Å²) in [6.07, 6.45) is 11.6. The highest BCUT2D eigenvalue weighted by atomic mass is 16.3. The molecular weight excluding hydrogens is 352 g/mol. The molecule has 0 spiro atoms. The first-order valence-corrected chi connectivity index (χ1v) is 12.2. The van der Waals surface area contributed by atoms with Crippen LogP contribution in [-0.4, -0.2) is 11.2 Å². The third-order valence-electron chi connectivity index (χ3n) is 8.78. The Hall–Kier alpha value is -1.08. The number of allylic oxidation sites excluding steroid dienone is 2. The van der Waals surface area contributed by atoms with Crippen LogP contribution in [0.25, 0.3) is 0 Å². The summed E-state index contributed by atoms with van der Waals surface area (Å²) < 4.78 is 0. The maximum atomic E-state index is 10.1. The summed E-state index contributed by atoms with van der Waals surface area (Å²) in [4.78, 5) is 0. The van der Waals surface area contributed by atoms with Gasteiger partial charge in [-0.3, -0.25) is 0 Å². The molecular formula is C28H44O. The number of rotatable bonds is 7. The fourth-order valence-electron chi connectivity index (χ4n) is 6.20. The Morgan fingerprint density at radius 1 is 1.14 bits per heavy atom. The van der Waals surface area contributed by atoms with Gasteiger partial charge in [0.1, 0.15) is 0 Å². The van der Waals surface area contributed by atoms with Crippen LogP contribution in [-0.2, 0) is 12.8 Å². The SMILES string of the molecule is CC[C@H](O)Cc1ccc2c(c1C)CC[C@]1(C)[C@@H]([C@H](C)C=C[C@H](C)C(C)C)CC[C@@H]21. The molecule has 162 valence electrons. The Morgan fingerprint density at radius 2 is 1.86 bits per heavy atom. The molecule has 1 aromatic carbocycles. The minimum atomic E-state index is -0.211. The molecule has 1 N–H and O–H groups in total. The van der Waals surface area contributed by atoms with Crippen LogP contribution in [0.15, 0.2) is 24.3 Å². The van der Waals surface area contributed by atoms with E-state index in [9.17, 15) is 5.11 Å². The van der Waals surface area contributed by atoms with E-state index in [0.29, 0.717) is 23.2 Å². The number of aliphatic hydroxyl groups excluding tert-OH is 1. The standard InChI is InChI=1S/C28H44O/c1-8-23(29)17-22-11-12-25-24(21(22)6)15-16-28(7)26(13-14-27(25)28)20(5)10-9-19(4)18(2)3/h9-12,18-20,23,26-27,29H,8,13-17H2,1-7H3/t19-,20+,23-,26+,27-,28+/m0/s1. The fourth-order valence-corrected chi connectivity index (χ4v) is 6.20. The van der Waals surface area contributed by atoms with Crippen molar-refractivity contribution in [3.05, 3.63) is 46.5 Å². The Kier molecular flexibility index (Phi) is 6.99. The van der Waals surface area contributed by atoms with Gasteiger partial charge >= 0.3 is 0 Å². The van der Waals surface area contributed by atoms with E-state index < -0.39 is 0 Å². The van der Waals surface area contributed by atoms with E-state index >= 15 is 0 Å². The molecule has 1 saturated carbocycles. The molecule has 0 saturated heterocycles. The van der Waals surface area contributed by atoms with Gasteiger partial charge < -0.3 is 5.11 Å². The van der Waals surface area contributed by atoms with Crippen LogP contribution in [0.3, 0.4) is 0 Å². The van der Waals surface area contributed by atoms with Crippen LogP contribution in [0.2, 0.25) is 0 Å². The van der Waals surface area contributed by atoms with Crippen LogP contribution >= 0.6 is 0 Å². The fraction of sp³-hybridized carbons (Fsp3) is 0.714. The average molecular weight is 397 g/mol. The molecule has 0 amide bonds. The molecule has 1 fully saturated rings. The number of hydrogen-bond acceptors (Lipinski definition) is 1. The van der Waals surface area contributed by atoms with Crippen molar-refractivity contribution in [3.63, 3.8) is 0 Å². The van der Waals surface area contributed by atoms with Crippen molar-refractivity contribution < 1.29 is 5.11 Å². The van der Waals surface area contributed by atoms with Crippen molar-refractivity contribution in [2.45, 2.75) is 99.0 Å². The van der Waals surface area contributed by atoms with Gasteiger partial charge in [-0.15, -0.1) is 0 Å². The largest absolute Gasteiger partial charge is 0.393 e.